The molecule has 0 N–H and O–H groups in total. The summed E-state index contributed by atoms with van der Waals surface area (Å²) >= 11 is 7.79. The second kappa shape index (κ2) is 6.17. The molecule has 2 aliphatic rings. The molecule has 0 saturated carbocycles. The molecule has 3 rings (SSSR count). The quantitative estimate of drug-likeness (QED) is 0.772. The number of rotatable bonds is 2. The molecule has 0 amide bonds. The van der Waals surface area contributed by atoms with E-state index in [1.807, 2.05) is 18.5 Å². The topological polar surface area (TPSA) is 28.0 Å². The molecule has 1 aromatic rings. The molecule has 0 bridgehead atoms. The first-order chi connectivity index (χ1) is 11.0. The smallest absolute Gasteiger partial charge is 0.119 e. The van der Waals surface area contributed by atoms with Gasteiger partial charge in [-0.1, -0.05) is 59.8 Å². The van der Waals surface area contributed by atoms with E-state index < -0.39 is 0 Å². The molecule has 2 aliphatic heterocycles. The molecule has 2 atom stereocenters. The van der Waals surface area contributed by atoms with Crippen molar-refractivity contribution < 1.29 is 0 Å². The predicted octanol–water partition coefficient (Wildman–Crippen LogP) is 4.76. The van der Waals surface area contributed by atoms with Crippen molar-refractivity contribution in [3.05, 3.63) is 59.3 Å². The minimum absolute atomic E-state index is 0.258. The standard InChI is InChI=1S/C18H20ClN3S/c1-17(14-8-5-4-6-9-14)18(2,22(3)13-21-17)23-16-11-7-10-15(19)12-20-16/h4-10,12-13H,11H2,1-3H3. The average molecular weight is 346 g/mol. The number of hydrogen-bond acceptors (Lipinski definition) is 4. The maximum Gasteiger partial charge on any atom is 0.119 e. The summed E-state index contributed by atoms with van der Waals surface area (Å²) in [6.07, 6.45) is 8.37. The Kier molecular flexibility index (Phi) is 4.39. The third-order valence-corrected chi connectivity index (χ3v) is 6.43. The molecule has 1 aromatic carbocycles. The number of aliphatic imine (C=N–C) groups is 2. The number of halogens is 1. The number of benzene rings is 1. The maximum atomic E-state index is 6.04. The first kappa shape index (κ1) is 16.3. The maximum absolute atomic E-state index is 6.04. The van der Waals surface area contributed by atoms with Gasteiger partial charge in [0.2, 0.25) is 0 Å². The highest BCUT2D eigenvalue weighted by Gasteiger charge is 2.53. The molecule has 2 heterocycles. The van der Waals surface area contributed by atoms with Crippen LogP contribution in [0, 0.1) is 0 Å². The number of thioether (sulfide) groups is 1. The van der Waals surface area contributed by atoms with Crippen molar-refractivity contribution in [3.63, 3.8) is 0 Å². The van der Waals surface area contributed by atoms with Gasteiger partial charge in [-0.25, -0.2) is 0 Å². The van der Waals surface area contributed by atoms with Crippen molar-refractivity contribution in [1.29, 1.82) is 0 Å². The van der Waals surface area contributed by atoms with E-state index >= 15 is 0 Å². The van der Waals surface area contributed by atoms with Crippen molar-refractivity contribution in [2.45, 2.75) is 30.7 Å². The Morgan fingerprint density at radius 1 is 1.22 bits per heavy atom. The van der Waals surface area contributed by atoms with Gasteiger partial charge < -0.3 is 4.90 Å². The van der Waals surface area contributed by atoms with Crippen LogP contribution in [0.4, 0.5) is 0 Å². The van der Waals surface area contributed by atoms with Gasteiger partial charge in [0.1, 0.15) is 10.4 Å². The molecule has 23 heavy (non-hydrogen) atoms. The Morgan fingerprint density at radius 3 is 2.70 bits per heavy atom. The van der Waals surface area contributed by atoms with Crippen LogP contribution in [0.3, 0.4) is 0 Å². The molecule has 0 spiro atoms. The van der Waals surface area contributed by atoms with Crippen LogP contribution in [-0.4, -0.2) is 28.2 Å². The lowest BCUT2D eigenvalue weighted by atomic mass is 9.86. The third-order valence-electron chi connectivity index (χ3n) is 4.62. The Bertz CT molecular complexity index is 710. The molecule has 0 aromatic heterocycles. The van der Waals surface area contributed by atoms with Crippen molar-refractivity contribution in [1.82, 2.24) is 4.90 Å². The fourth-order valence-electron chi connectivity index (χ4n) is 2.85. The normalized spacial score (nSPS) is 30.2. The molecule has 5 heteroatoms. The van der Waals surface area contributed by atoms with Gasteiger partial charge in [0.05, 0.1) is 16.4 Å². The Labute approximate surface area is 146 Å². The van der Waals surface area contributed by atoms with Crippen LogP contribution < -0.4 is 0 Å². The van der Waals surface area contributed by atoms with Crippen LogP contribution in [0.15, 0.2) is 63.7 Å². The highest BCUT2D eigenvalue weighted by atomic mass is 35.5. The SMILES string of the molecule is CN1C=NC(C)(c2ccccc2)C1(C)SC1=NC=C(Cl)C=CC1. The Balaban J connectivity index is 1.96. The Hall–Kier alpha value is -1.52. The monoisotopic (exact) mass is 345 g/mol. The lowest BCUT2D eigenvalue weighted by molar-refractivity contribution is 0.261. The first-order valence-electron chi connectivity index (χ1n) is 7.57. The zero-order valence-corrected chi connectivity index (χ0v) is 15.1. The molecular formula is C18H20ClN3S. The minimum Gasteiger partial charge on any atom is -0.349 e. The molecule has 3 nitrogen and oxygen atoms in total. The fourth-order valence-corrected chi connectivity index (χ4v) is 4.29. The van der Waals surface area contributed by atoms with Crippen LogP contribution in [0.5, 0.6) is 0 Å². The zero-order valence-electron chi connectivity index (χ0n) is 13.5. The number of allylic oxidation sites excluding steroid dienone is 3. The van der Waals surface area contributed by atoms with Crippen molar-refractivity contribution in [2.75, 3.05) is 7.05 Å². The van der Waals surface area contributed by atoms with Crippen LogP contribution in [0.25, 0.3) is 0 Å². The van der Waals surface area contributed by atoms with E-state index in [2.05, 4.69) is 61.1 Å². The highest BCUT2D eigenvalue weighted by molar-refractivity contribution is 8.15. The Morgan fingerprint density at radius 2 is 1.96 bits per heavy atom. The summed E-state index contributed by atoms with van der Waals surface area (Å²) in [6.45, 7) is 4.41. The number of hydrogen-bond donors (Lipinski definition) is 0. The molecule has 0 fully saturated rings. The minimum atomic E-state index is -0.347. The summed E-state index contributed by atoms with van der Waals surface area (Å²) in [6, 6.07) is 10.4. The van der Waals surface area contributed by atoms with E-state index in [1.165, 1.54) is 5.56 Å². The van der Waals surface area contributed by atoms with E-state index in [-0.39, 0.29) is 10.4 Å². The predicted molar refractivity (Wildman–Crippen MR) is 101 cm³/mol. The van der Waals surface area contributed by atoms with E-state index in [1.54, 1.807) is 18.0 Å². The van der Waals surface area contributed by atoms with Crippen LogP contribution in [0.2, 0.25) is 0 Å². The molecular weight excluding hydrogens is 326 g/mol. The second-order valence-corrected chi connectivity index (χ2v) is 7.93. The van der Waals surface area contributed by atoms with Gasteiger partial charge >= 0.3 is 0 Å². The number of nitrogens with zero attached hydrogens (tertiary/aromatic N) is 3. The molecule has 0 aliphatic carbocycles. The van der Waals surface area contributed by atoms with Gasteiger partial charge in [-0.3, -0.25) is 9.98 Å². The summed E-state index contributed by atoms with van der Waals surface area (Å²) in [4.78, 5) is 11.3. The van der Waals surface area contributed by atoms with Gasteiger partial charge in [0.15, 0.2) is 0 Å². The lowest BCUT2D eigenvalue weighted by Gasteiger charge is -2.43. The third kappa shape index (κ3) is 2.86. The van der Waals surface area contributed by atoms with Gasteiger partial charge in [-0.2, -0.15) is 0 Å². The van der Waals surface area contributed by atoms with Crippen molar-refractivity contribution in [2.24, 2.45) is 9.98 Å². The lowest BCUT2D eigenvalue weighted by Crippen LogP contribution is -2.50. The molecule has 0 radical (unpaired) electrons. The summed E-state index contributed by atoms with van der Waals surface area (Å²) in [5.74, 6) is 0. The van der Waals surface area contributed by atoms with Gasteiger partial charge in [-0.15, -0.1) is 0 Å². The first-order valence-corrected chi connectivity index (χ1v) is 8.77. The fraction of sp³-hybridized carbons (Fsp3) is 0.333. The van der Waals surface area contributed by atoms with Crippen LogP contribution in [-0.2, 0) is 5.54 Å². The largest absolute Gasteiger partial charge is 0.349 e. The molecule has 2 unspecified atom stereocenters. The molecule has 120 valence electrons. The van der Waals surface area contributed by atoms with Gasteiger partial charge in [-0.05, 0) is 25.5 Å². The average Bonchev–Trinajstić information content (AvgIpc) is 2.70. The number of likely N-dealkylation sites (N-methyl/N-ethyl adjacent to an activating group) is 1. The van der Waals surface area contributed by atoms with Crippen LogP contribution in [0.1, 0.15) is 25.8 Å². The van der Waals surface area contributed by atoms with E-state index in [9.17, 15) is 0 Å². The second-order valence-electron chi connectivity index (χ2n) is 6.02. The highest BCUT2D eigenvalue weighted by Crippen LogP contribution is 2.50. The van der Waals surface area contributed by atoms with Crippen molar-refractivity contribution in [3.8, 4) is 0 Å². The summed E-state index contributed by atoms with van der Waals surface area (Å²) in [5, 5.41) is 1.70. The van der Waals surface area contributed by atoms with E-state index in [4.69, 9.17) is 16.6 Å². The summed E-state index contributed by atoms with van der Waals surface area (Å²) in [7, 11) is 2.07. The van der Waals surface area contributed by atoms with Gasteiger partial charge in [0, 0.05) is 19.7 Å². The summed E-state index contributed by atoms with van der Waals surface area (Å²) in [5.41, 5.74) is 0.855. The van der Waals surface area contributed by atoms with Gasteiger partial charge in [0.25, 0.3) is 0 Å². The van der Waals surface area contributed by atoms with E-state index in [0.29, 0.717) is 5.03 Å². The van der Waals surface area contributed by atoms with E-state index in [0.717, 1.165) is 11.5 Å². The van der Waals surface area contributed by atoms with Crippen molar-refractivity contribution >= 4 is 34.7 Å². The van der Waals surface area contributed by atoms with Crippen LogP contribution >= 0.6 is 23.4 Å². The zero-order chi connectivity index (χ0) is 16.5. The summed E-state index contributed by atoms with van der Waals surface area (Å²) < 4.78 is 0. The molecule has 0 saturated heterocycles.